The van der Waals surface area contributed by atoms with Crippen LogP contribution in [-0.2, 0) is 6.54 Å². The summed E-state index contributed by atoms with van der Waals surface area (Å²) >= 11 is 0. The number of fused-ring (bicyclic) bond motifs is 1. The van der Waals surface area contributed by atoms with Crippen LogP contribution in [0, 0.1) is 0 Å². The highest BCUT2D eigenvalue weighted by Crippen LogP contribution is 2.26. The first-order chi connectivity index (χ1) is 8.29. The molecule has 90 valence electrons. The van der Waals surface area contributed by atoms with Gasteiger partial charge in [0, 0.05) is 25.2 Å². The van der Waals surface area contributed by atoms with Gasteiger partial charge in [0.05, 0.1) is 11.7 Å². The number of hydrogen-bond acceptors (Lipinski definition) is 3. The molecule has 1 saturated heterocycles. The Hall–Kier alpha value is -1.39. The number of likely N-dealkylation sites (N-methyl/N-ethyl adjacent to an activating group) is 1. The third-order valence-electron chi connectivity index (χ3n) is 3.66. The molecular weight excluding hydrogens is 212 g/mol. The van der Waals surface area contributed by atoms with E-state index in [1.807, 2.05) is 6.20 Å². The minimum atomic E-state index is 0.551. The lowest BCUT2D eigenvalue weighted by Gasteiger charge is -2.10. The molecule has 3 rings (SSSR count). The van der Waals surface area contributed by atoms with Crippen molar-refractivity contribution in [2.24, 2.45) is 5.73 Å². The van der Waals surface area contributed by atoms with Gasteiger partial charge in [-0.15, -0.1) is 0 Å². The van der Waals surface area contributed by atoms with Crippen molar-refractivity contribution in [3.8, 4) is 0 Å². The average molecular weight is 230 g/mol. The molecule has 0 radical (unpaired) electrons. The van der Waals surface area contributed by atoms with Crippen LogP contribution in [-0.4, -0.2) is 34.4 Å². The summed E-state index contributed by atoms with van der Waals surface area (Å²) in [5, 5.41) is 0. The number of hydrogen-bond donors (Lipinski definition) is 1. The van der Waals surface area contributed by atoms with Crippen molar-refractivity contribution < 1.29 is 0 Å². The van der Waals surface area contributed by atoms with Gasteiger partial charge in [-0.1, -0.05) is 6.07 Å². The SMILES string of the molecule is CN1CCC(c2ncc3c(CN)cccn23)C1. The van der Waals surface area contributed by atoms with E-state index in [1.165, 1.54) is 12.2 Å². The number of rotatable bonds is 2. The summed E-state index contributed by atoms with van der Waals surface area (Å²) in [5.41, 5.74) is 8.07. The molecule has 0 saturated carbocycles. The Morgan fingerprint density at radius 1 is 1.53 bits per heavy atom. The molecule has 3 heterocycles. The van der Waals surface area contributed by atoms with Gasteiger partial charge in [-0.05, 0) is 31.6 Å². The molecule has 0 spiro atoms. The lowest BCUT2D eigenvalue weighted by atomic mass is 10.1. The first-order valence-corrected chi connectivity index (χ1v) is 6.13. The largest absolute Gasteiger partial charge is 0.326 e. The molecule has 17 heavy (non-hydrogen) atoms. The zero-order valence-corrected chi connectivity index (χ0v) is 10.1. The van der Waals surface area contributed by atoms with E-state index in [0.29, 0.717) is 12.5 Å². The van der Waals surface area contributed by atoms with Crippen LogP contribution in [0.25, 0.3) is 5.52 Å². The van der Waals surface area contributed by atoms with Crippen LogP contribution in [0.3, 0.4) is 0 Å². The van der Waals surface area contributed by atoms with Crippen molar-refractivity contribution in [3.63, 3.8) is 0 Å². The number of nitrogens with two attached hydrogens (primary N) is 1. The maximum atomic E-state index is 5.75. The Balaban J connectivity index is 2.06. The standard InChI is InChI=1S/C13H18N4/c1-16-6-4-11(9-16)13-15-8-12-10(7-14)3-2-5-17(12)13/h2-3,5,8,11H,4,6-7,9,14H2,1H3. The predicted molar refractivity (Wildman–Crippen MR) is 67.9 cm³/mol. The van der Waals surface area contributed by atoms with Crippen molar-refractivity contribution in [1.29, 1.82) is 0 Å². The smallest absolute Gasteiger partial charge is 0.117 e. The maximum absolute atomic E-state index is 5.75. The van der Waals surface area contributed by atoms with E-state index in [-0.39, 0.29) is 0 Å². The van der Waals surface area contributed by atoms with Crippen molar-refractivity contribution in [2.45, 2.75) is 18.9 Å². The quantitative estimate of drug-likeness (QED) is 0.843. The third-order valence-corrected chi connectivity index (χ3v) is 3.66. The summed E-state index contributed by atoms with van der Waals surface area (Å²) in [6.45, 7) is 2.84. The summed E-state index contributed by atoms with van der Waals surface area (Å²) in [6.07, 6.45) is 5.24. The van der Waals surface area contributed by atoms with Gasteiger partial charge < -0.3 is 15.0 Å². The molecule has 4 nitrogen and oxygen atoms in total. The van der Waals surface area contributed by atoms with Gasteiger partial charge in [0.1, 0.15) is 5.82 Å². The number of nitrogens with zero attached hydrogens (tertiary/aromatic N) is 3. The molecule has 0 aromatic carbocycles. The summed E-state index contributed by atoms with van der Waals surface area (Å²) < 4.78 is 2.20. The minimum absolute atomic E-state index is 0.551. The van der Waals surface area contributed by atoms with Crippen LogP contribution < -0.4 is 5.73 Å². The highest BCUT2D eigenvalue weighted by atomic mass is 15.1. The van der Waals surface area contributed by atoms with E-state index in [2.05, 4.69) is 39.7 Å². The summed E-state index contributed by atoms with van der Waals surface area (Å²) in [6, 6.07) is 4.13. The van der Waals surface area contributed by atoms with Crippen LogP contribution in [0.5, 0.6) is 0 Å². The first-order valence-electron chi connectivity index (χ1n) is 6.13. The second kappa shape index (κ2) is 4.13. The van der Waals surface area contributed by atoms with E-state index in [0.717, 1.165) is 24.2 Å². The Kier molecular flexibility index (Phi) is 2.61. The predicted octanol–water partition coefficient (Wildman–Crippen LogP) is 1.21. The van der Waals surface area contributed by atoms with Crippen LogP contribution in [0.15, 0.2) is 24.5 Å². The van der Waals surface area contributed by atoms with Gasteiger partial charge in [0.15, 0.2) is 0 Å². The molecule has 0 aliphatic carbocycles. The first kappa shape index (κ1) is 10.7. The zero-order chi connectivity index (χ0) is 11.8. The fourth-order valence-electron chi connectivity index (χ4n) is 2.72. The van der Waals surface area contributed by atoms with E-state index >= 15 is 0 Å². The summed E-state index contributed by atoms with van der Waals surface area (Å²) in [5.74, 6) is 1.73. The fraction of sp³-hybridized carbons (Fsp3) is 0.462. The molecule has 4 heteroatoms. The van der Waals surface area contributed by atoms with Gasteiger partial charge >= 0.3 is 0 Å². The van der Waals surface area contributed by atoms with Crippen molar-refractivity contribution in [3.05, 3.63) is 35.9 Å². The number of aromatic nitrogens is 2. The molecule has 2 N–H and O–H groups in total. The molecule has 1 aliphatic heterocycles. The third kappa shape index (κ3) is 1.73. The van der Waals surface area contributed by atoms with Gasteiger partial charge in [0.2, 0.25) is 0 Å². The van der Waals surface area contributed by atoms with E-state index < -0.39 is 0 Å². The molecule has 0 bridgehead atoms. The van der Waals surface area contributed by atoms with Crippen molar-refractivity contribution in [1.82, 2.24) is 14.3 Å². The Bertz CT molecular complexity index is 531. The Labute approximate surface area is 101 Å². The number of likely N-dealkylation sites (tertiary alicyclic amines) is 1. The monoisotopic (exact) mass is 230 g/mol. The van der Waals surface area contributed by atoms with Gasteiger partial charge in [-0.3, -0.25) is 0 Å². The topological polar surface area (TPSA) is 46.6 Å². The molecule has 1 unspecified atom stereocenters. The van der Waals surface area contributed by atoms with Crippen LogP contribution in [0.2, 0.25) is 0 Å². The molecule has 1 atom stereocenters. The fourth-order valence-corrected chi connectivity index (χ4v) is 2.72. The number of imidazole rings is 1. The van der Waals surface area contributed by atoms with Gasteiger partial charge in [-0.2, -0.15) is 0 Å². The Morgan fingerprint density at radius 3 is 3.12 bits per heavy atom. The molecule has 1 aliphatic rings. The van der Waals surface area contributed by atoms with Gasteiger partial charge in [0.25, 0.3) is 0 Å². The van der Waals surface area contributed by atoms with E-state index in [9.17, 15) is 0 Å². The zero-order valence-electron chi connectivity index (χ0n) is 10.1. The van der Waals surface area contributed by atoms with Crippen molar-refractivity contribution >= 4 is 5.52 Å². The summed E-state index contributed by atoms with van der Waals surface area (Å²) in [4.78, 5) is 6.96. The van der Waals surface area contributed by atoms with Gasteiger partial charge in [-0.25, -0.2) is 4.98 Å². The Morgan fingerprint density at radius 2 is 2.41 bits per heavy atom. The normalized spacial score (nSPS) is 21.4. The second-order valence-corrected chi connectivity index (χ2v) is 4.86. The second-order valence-electron chi connectivity index (χ2n) is 4.86. The molecule has 2 aromatic heterocycles. The molecular formula is C13H18N4. The maximum Gasteiger partial charge on any atom is 0.117 e. The lowest BCUT2D eigenvalue weighted by Crippen LogP contribution is -2.14. The van der Waals surface area contributed by atoms with Crippen LogP contribution in [0.1, 0.15) is 23.7 Å². The van der Waals surface area contributed by atoms with Crippen molar-refractivity contribution in [2.75, 3.05) is 20.1 Å². The molecule has 2 aromatic rings. The number of pyridine rings is 1. The van der Waals surface area contributed by atoms with Crippen LogP contribution >= 0.6 is 0 Å². The molecule has 1 fully saturated rings. The average Bonchev–Trinajstić information content (AvgIpc) is 2.94. The minimum Gasteiger partial charge on any atom is -0.326 e. The highest BCUT2D eigenvalue weighted by Gasteiger charge is 2.24. The molecule has 0 amide bonds. The lowest BCUT2D eigenvalue weighted by molar-refractivity contribution is 0.409. The van der Waals surface area contributed by atoms with Crippen LogP contribution in [0.4, 0.5) is 0 Å². The summed E-state index contributed by atoms with van der Waals surface area (Å²) in [7, 11) is 2.17. The highest BCUT2D eigenvalue weighted by molar-refractivity contribution is 5.54. The van der Waals surface area contributed by atoms with E-state index in [1.54, 1.807) is 0 Å². The van der Waals surface area contributed by atoms with E-state index in [4.69, 9.17) is 5.73 Å².